The Morgan fingerprint density at radius 2 is 2.03 bits per heavy atom. The van der Waals surface area contributed by atoms with E-state index in [-0.39, 0.29) is 30.1 Å². The predicted octanol–water partition coefficient (Wildman–Crippen LogP) is 3.90. The largest absolute Gasteiger partial charge is 0.444 e. The molecule has 2 rings (SSSR count). The first-order valence-corrected chi connectivity index (χ1v) is 10.6. The molecule has 0 aromatic carbocycles. The Bertz CT molecular complexity index is 678. The first-order chi connectivity index (χ1) is 13.8. The van der Waals surface area contributed by atoms with Crippen molar-refractivity contribution in [3.63, 3.8) is 0 Å². The lowest BCUT2D eigenvalue weighted by atomic mass is 9.96. The van der Waals surface area contributed by atoms with Crippen molar-refractivity contribution >= 4 is 36.0 Å². The first kappa shape index (κ1) is 26.5. The third kappa shape index (κ3) is 8.31. The second-order valence-corrected chi connectivity index (χ2v) is 8.49. The lowest BCUT2D eigenvalue weighted by Gasteiger charge is -2.36. The standard InChI is InChI=1S/C21H37N5O3.HI/c1-7-17-13-18(29-24-17)14-23-19(22-6)26-11-9-16(10-12-26)15-25(8-2)20(27)28-21(3,4)5;/h13,16H,7-12,14-15H2,1-6H3,(H,22,23);1H. The predicted molar refractivity (Wildman–Crippen MR) is 129 cm³/mol. The summed E-state index contributed by atoms with van der Waals surface area (Å²) >= 11 is 0. The van der Waals surface area contributed by atoms with Crippen LogP contribution in [0.4, 0.5) is 4.79 Å². The zero-order valence-corrected chi connectivity index (χ0v) is 21.6. The molecule has 0 aliphatic carbocycles. The van der Waals surface area contributed by atoms with Gasteiger partial charge in [0.1, 0.15) is 5.60 Å². The summed E-state index contributed by atoms with van der Waals surface area (Å²) in [4.78, 5) is 20.9. The van der Waals surface area contributed by atoms with Crippen LogP contribution in [0.15, 0.2) is 15.6 Å². The summed E-state index contributed by atoms with van der Waals surface area (Å²) in [5.41, 5.74) is 0.496. The number of rotatable bonds is 6. The minimum absolute atomic E-state index is 0. The molecule has 1 N–H and O–H groups in total. The van der Waals surface area contributed by atoms with Crippen molar-refractivity contribution in [3.05, 3.63) is 17.5 Å². The summed E-state index contributed by atoms with van der Waals surface area (Å²) < 4.78 is 10.9. The number of likely N-dealkylation sites (tertiary alicyclic amines) is 1. The molecular weight excluding hydrogens is 497 g/mol. The number of nitrogens with one attached hydrogen (secondary N) is 1. The van der Waals surface area contributed by atoms with Crippen LogP contribution in [0.2, 0.25) is 0 Å². The van der Waals surface area contributed by atoms with Crippen molar-refractivity contribution in [3.8, 4) is 0 Å². The minimum atomic E-state index is -0.465. The molecule has 1 aromatic rings. The number of aliphatic imine (C=N–C) groups is 1. The normalized spacial score (nSPS) is 15.5. The molecule has 0 unspecified atom stereocenters. The number of hydrogen-bond donors (Lipinski definition) is 1. The zero-order chi connectivity index (χ0) is 21.4. The van der Waals surface area contributed by atoms with E-state index < -0.39 is 5.60 Å². The SMILES string of the molecule is CCc1cc(CNC(=NC)N2CCC(CN(CC)C(=O)OC(C)(C)C)CC2)on1.I. The molecule has 2 heterocycles. The second kappa shape index (κ2) is 12.4. The molecule has 0 saturated carbocycles. The van der Waals surface area contributed by atoms with Crippen molar-refractivity contribution in [1.29, 1.82) is 0 Å². The molecule has 1 amide bonds. The lowest BCUT2D eigenvalue weighted by Crippen LogP contribution is -2.47. The number of nitrogens with zero attached hydrogens (tertiary/aromatic N) is 4. The number of amides is 1. The maximum atomic E-state index is 12.4. The fourth-order valence-electron chi connectivity index (χ4n) is 3.40. The topological polar surface area (TPSA) is 83.2 Å². The van der Waals surface area contributed by atoms with Gasteiger partial charge in [-0.3, -0.25) is 4.99 Å². The Morgan fingerprint density at radius 1 is 1.37 bits per heavy atom. The molecule has 8 nitrogen and oxygen atoms in total. The monoisotopic (exact) mass is 535 g/mol. The molecule has 172 valence electrons. The van der Waals surface area contributed by atoms with Crippen molar-refractivity contribution < 1.29 is 14.1 Å². The Labute approximate surface area is 197 Å². The smallest absolute Gasteiger partial charge is 0.410 e. The summed E-state index contributed by atoms with van der Waals surface area (Å²) in [5, 5.41) is 7.38. The van der Waals surface area contributed by atoms with Crippen LogP contribution in [0.1, 0.15) is 58.9 Å². The number of guanidine groups is 1. The number of aromatic nitrogens is 1. The van der Waals surface area contributed by atoms with Gasteiger partial charge in [-0.05, 0) is 52.9 Å². The van der Waals surface area contributed by atoms with E-state index in [1.165, 1.54) is 0 Å². The number of piperidine rings is 1. The highest BCUT2D eigenvalue weighted by molar-refractivity contribution is 14.0. The highest BCUT2D eigenvalue weighted by Crippen LogP contribution is 2.20. The van der Waals surface area contributed by atoms with E-state index in [1.807, 2.05) is 38.7 Å². The summed E-state index contributed by atoms with van der Waals surface area (Å²) in [6.45, 7) is 13.5. The van der Waals surface area contributed by atoms with Crippen LogP contribution in [0.25, 0.3) is 0 Å². The first-order valence-electron chi connectivity index (χ1n) is 10.6. The molecule has 0 atom stereocenters. The Morgan fingerprint density at radius 3 is 2.53 bits per heavy atom. The minimum Gasteiger partial charge on any atom is -0.444 e. The van der Waals surface area contributed by atoms with Crippen molar-refractivity contribution in [1.82, 2.24) is 20.3 Å². The third-order valence-corrected chi connectivity index (χ3v) is 5.03. The Balaban J connectivity index is 0.00000450. The number of carbonyl (C=O) groups excluding carboxylic acids is 1. The number of aryl methyl sites for hydroxylation is 1. The Hall–Kier alpha value is -1.52. The van der Waals surface area contributed by atoms with Gasteiger partial charge >= 0.3 is 6.09 Å². The van der Waals surface area contributed by atoms with Crippen LogP contribution in [-0.4, -0.2) is 65.8 Å². The highest BCUT2D eigenvalue weighted by Gasteiger charge is 2.27. The maximum absolute atomic E-state index is 12.4. The van der Waals surface area contributed by atoms with Gasteiger partial charge in [-0.25, -0.2) is 4.79 Å². The second-order valence-electron chi connectivity index (χ2n) is 8.49. The fourth-order valence-corrected chi connectivity index (χ4v) is 3.40. The zero-order valence-electron chi connectivity index (χ0n) is 19.2. The van der Waals surface area contributed by atoms with Gasteiger partial charge in [0.2, 0.25) is 0 Å². The van der Waals surface area contributed by atoms with E-state index >= 15 is 0 Å². The average Bonchev–Trinajstić information content (AvgIpc) is 3.14. The molecular formula is C21H38IN5O3. The van der Waals surface area contributed by atoms with Gasteiger partial charge < -0.3 is 24.4 Å². The summed E-state index contributed by atoms with van der Waals surface area (Å²) in [6, 6.07) is 1.97. The van der Waals surface area contributed by atoms with Crippen molar-refractivity contribution in [2.75, 3.05) is 33.2 Å². The molecule has 1 aromatic heterocycles. The van der Waals surface area contributed by atoms with Crippen LogP contribution in [0, 0.1) is 5.92 Å². The van der Waals surface area contributed by atoms with Crippen molar-refractivity contribution in [2.24, 2.45) is 10.9 Å². The van der Waals surface area contributed by atoms with E-state index in [1.54, 1.807) is 7.05 Å². The third-order valence-electron chi connectivity index (χ3n) is 5.03. The van der Waals surface area contributed by atoms with Gasteiger partial charge in [0.05, 0.1) is 12.2 Å². The molecule has 1 fully saturated rings. The molecule has 0 spiro atoms. The average molecular weight is 535 g/mol. The van der Waals surface area contributed by atoms with E-state index in [4.69, 9.17) is 9.26 Å². The van der Waals surface area contributed by atoms with Gasteiger partial charge in [-0.2, -0.15) is 0 Å². The van der Waals surface area contributed by atoms with Gasteiger partial charge in [-0.1, -0.05) is 12.1 Å². The van der Waals surface area contributed by atoms with E-state index in [2.05, 4.69) is 27.3 Å². The van der Waals surface area contributed by atoms with E-state index in [0.717, 1.165) is 56.3 Å². The summed E-state index contributed by atoms with van der Waals surface area (Å²) in [6.07, 6.45) is 2.67. The van der Waals surface area contributed by atoms with E-state index in [9.17, 15) is 4.79 Å². The molecule has 1 saturated heterocycles. The van der Waals surface area contributed by atoms with Crippen LogP contribution >= 0.6 is 24.0 Å². The number of carbonyl (C=O) groups is 1. The van der Waals surface area contributed by atoms with Crippen LogP contribution in [0.5, 0.6) is 0 Å². The molecule has 0 radical (unpaired) electrons. The number of hydrogen-bond acceptors (Lipinski definition) is 5. The summed E-state index contributed by atoms with van der Waals surface area (Å²) in [7, 11) is 1.80. The quantitative estimate of drug-likeness (QED) is 0.338. The van der Waals surface area contributed by atoms with Gasteiger partial charge in [0.25, 0.3) is 0 Å². The van der Waals surface area contributed by atoms with Crippen LogP contribution in [0.3, 0.4) is 0 Å². The van der Waals surface area contributed by atoms with E-state index in [0.29, 0.717) is 19.0 Å². The number of ether oxygens (including phenoxy) is 1. The van der Waals surface area contributed by atoms with Gasteiger partial charge in [0, 0.05) is 39.3 Å². The Kier molecular flexibility index (Phi) is 10.9. The van der Waals surface area contributed by atoms with Crippen molar-refractivity contribution in [2.45, 2.75) is 66.0 Å². The number of halogens is 1. The van der Waals surface area contributed by atoms with Gasteiger partial charge in [0.15, 0.2) is 11.7 Å². The van der Waals surface area contributed by atoms with Crippen LogP contribution in [-0.2, 0) is 17.7 Å². The molecule has 1 aliphatic rings. The highest BCUT2D eigenvalue weighted by atomic mass is 127. The van der Waals surface area contributed by atoms with Crippen LogP contribution < -0.4 is 5.32 Å². The molecule has 30 heavy (non-hydrogen) atoms. The molecule has 0 bridgehead atoms. The fraction of sp³-hybridized carbons (Fsp3) is 0.762. The lowest BCUT2D eigenvalue weighted by molar-refractivity contribution is 0.0214. The molecule has 9 heteroatoms. The molecule has 1 aliphatic heterocycles. The summed E-state index contributed by atoms with van der Waals surface area (Å²) in [5.74, 6) is 2.16. The van der Waals surface area contributed by atoms with Gasteiger partial charge in [-0.15, -0.1) is 24.0 Å². The maximum Gasteiger partial charge on any atom is 0.410 e.